The summed E-state index contributed by atoms with van der Waals surface area (Å²) in [6.45, 7) is 7.08. The van der Waals surface area contributed by atoms with Crippen LogP contribution in [0.4, 0.5) is 0 Å². The van der Waals surface area contributed by atoms with E-state index >= 15 is 0 Å². The number of nitrogens with one attached hydrogen (secondary N) is 1. The Balaban J connectivity index is 1.85. The van der Waals surface area contributed by atoms with Crippen molar-refractivity contribution < 1.29 is 4.74 Å². The monoisotopic (exact) mass is 185 g/mol. The molecule has 1 saturated carbocycles. The van der Waals surface area contributed by atoms with Crippen molar-refractivity contribution in [2.45, 2.75) is 45.6 Å². The average molecular weight is 185 g/mol. The van der Waals surface area contributed by atoms with Gasteiger partial charge in [0.2, 0.25) is 0 Å². The lowest BCUT2D eigenvalue weighted by Crippen LogP contribution is -2.32. The molecule has 0 bridgehead atoms. The van der Waals surface area contributed by atoms with E-state index in [9.17, 15) is 0 Å². The van der Waals surface area contributed by atoms with Crippen molar-refractivity contribution in [1.82, 2.24) is 5.32 Å². The lowest BCUT2D eigenvalue weighted by Gasteiger charge is -2.26. The minimum atomic E-state index is 0.514. The molecular weight excluding hydrogens is 162 g/mol. The molecule has 0 aromatic carbocycles. The van der Waals surface area contributed by atoms with Crippen LogP contribution in [-0.2, 0) is 4.74 Å². The highest BCUT2D eigenvalue weighted by molar-refractivity contribution is 4.71. The second kappa shape index (κ2) is 6.39. The van der Waals surface area contributed by atoms with Gasteiger partial charge in [0, 0.05) is 12.6 Å². The van der Waals surface area contributed by atoms with Gasteiger partial charge in [0.05, 0.1) is 6.61 Å². The first-order chi connectivity index (χ1) is 6.33. The van der Waals surface area contributed by atoms with Crippen LogP contribution in [0.5, 0.6) is 0 Å². The second-order valence-electron chi connectivity index (χ2n) is 4.10. The van der Waals surface area contributed by atoms with Gasteiger partial charge in [0.1, 0.15) is 0 Å². The maximum atomic E-state index is 5.33. The van der Waals surface area contributed by atoms with Gasteiger partial charge >= 0.3 is 0 Å². The topological polar surface area (TPSA) is 21.3 Å². The Labute approximate surface area is 82.0 Å². The highest BCUT2D eigenvalue weighted by Gasteiger charge is 2.16. The Morgan fingerprint density at radius 2 is 2.23 bits per heavy atom. The zero-order chi connectivity index (χ0) is 9.52. The second-order valence-corrected chi connectivity index (χ2v) is 4.10. The first-order valence-electron chi connectivity index (χ1n) is 5.64. The largest absolute Gasteiger partial charge is 0.380 e. The van der Waals surface area contributed by atoms with Crippen LogP contribution in [0.25, 0.3) is 0 Å². The summed E-state index contributed by atoms with van der Waals surface area (Å²) in [6, 6.07) is 0.514. The summed E-state index contributed by atoms with van der Waals surface area (Å²) >= 11 is 0. The van der Waals surface area contributed by atoms with Gasteiger partial charge in [-0.25, -0.2) is 0 Å². The van der Waals surface area contributed by atoms with E-state index in [2.05, 4.69) is 12.2 Å². The van der Waals surface area contributed by atoms with Crippen LogP contribution in [0.2, 0.25) is 0 Å². The predicted octanol–water partition coefficient (Wildman–Crippen LogP) is 2.19. The zero-order valence-corrected chi connectivity index (χ0v) is 9.01. The summed E-state index contributed by atoms with van der Waals surface area (Å²) in [4.78, 5) is 0. The summed E-state index contributed by atoms with van der Waals surface area (Å²) in [5.74, 6) is 1.02. The van der Waals surface area contributed by atoms with Gasteiger partial charge in [0.25, 0.3) is 0 Å². The van der Waals surface area contributed by atoms with E-state index in [1.54, 1.807) is 0 Å². The number of hydrogen-bond acceptors (Lipinski definition) is 2. The standard InChI is InChI=1S/C11H23NO/c1-3-13-9-10(2)12-8-7-11-5-4-6-11/h10-12H,3-9H2,1-2H3. The Morgan fingerprint density at radius 3 is 2.77 bits per heavy atom. The number of ether oxygens (including phenoxy) is 1. The molecule has 1 fully saturated rings. The van der Waals surface area contributed by atoms with Crippen LogP contribution in [0, 0.1) is 5.92 Å². The molecule has 1 aliphatic carbocycles. The van der Waals surface area contributed by atoms with E-state index in [0.29, 0.717) is 6.04 Å². The molecule has 0 spiro atoms. The lowest BCUT2D eigenvalue weighted by atomic mass is 9.83. The van der Waals surface area contributed by atoms with Crippen molar-refractivity contribution in [1.29, 1.82) is 0 Å². The van der Waals surface area contributed by atoms with Crippen molar-refractivity contribution >= 4 is 0 Å². The first-order valence-corrected chi connectivity index (χ1v) is 5.64. The normalized spacial score (nSPS) is 19.8. The molecule has 0 amide bonds. The first kappa shape index (κ1) is 11.0. The molecule has 0 saturated heterocycles. The van der Waals surface area contributed by atoms with Crippen LogP contribution in [0.3, 0.4) is 0 Å². The van der Waals surface area contributed by atoms with Crippen LogP contribution < -0.4 is 5.32 Å². The quantitative estimate of drug-likeness (QED) is 0.656. The third-order valence-electron chi connectivity index (χ3n) is 2.84. The van der Waals surface area contributed by atoms with Crippen molar-refractivity contribution in [3.05, 3.63) is 0 Å². The maximum Gasteiger partial charge on any atom is 0.0616 e. The molecule has 2 nitrogen and oxygen atoms in total. The van der Waals surface area contributed by atoms with Gasteiger partial charge < -0.3 is 10.1 Å². The summed E-state index contributed by atoms with van der Waals surface area (Å²) in [5.41, 5.74) is 0. The highest BCUT2D eigenvalue weighted by atomic mass is 16.5. The molecule has 1 N–H and O–H groups in total. The SMILES string of the molecule is CCOCC(C)NCCC1CCC1. The minimum Gasteiger partial charge on any atom is -0.380 e. The third-order valence-corrected chi connectivity index (χ3v) is 2.84. The van der Waals surface area contributed by atoms with E-state index < -0.39 is 0 Å². The number of hydrogen-bond donors (Lipinski definition) is 1. The molecule has 0 heterocycles. The van der Waals surface area contributed by atoms with Gasteiger partial charge in [0.15, 0.2) is 0 Å². The molecular formula is C11H23NO. The number of rotatable bonds is 7. The maximum absolute atomic E-state index is 5.33. The smallest absolute Gasteiger partial charge is 0.0616 e. The summed E-state index contributed by atoms with van der Waals surface area (Å²) in [7, 11) is 0. The fourth-order valence-corrected chi connectivity index (χ4v) is 1.67. The van der Waals surface area contributed by atoms with Crippen LogP contribution in [0.1, 0.15) is 39.5 Å². The van der Waals surface area contributed by atoms with E-state index in [-0.39, 0.29) is 0 Å². The Morgan fingerprint density at radius 1 is 1.46 bits per heavy atom. The zero-order valence-electron chi connectivity index (χ0n) is 9.01. The molecule has 78 valence electrons. The van der Waals surface area contributed by atoms with Crippen molar-refractivity contribution in [3.63, 3.8) is 0 Å². The average Bonchev–Trinajstić information content (AvgIpc) is 2.06. The van der Waals surface area contributed by atoms with Crippen LogP contribution >= 0.6 is 0 Å². The summed E-state index contributed by atoms with van der Waals surface area (Å²) < 4.78 is 5.33. The molecule has 13 heavy (non-hydrogen) atoms. The van der Waals surface area contributed by atoms with Gasteiger partial charge in [-0.05, 0) is 32.7 Å². The molecule has 1 unspecified atom stereocenters. The summed E-state index contributed by atoms with van der Waals surface area (Å²) in [5, 5.41) is 3.49. The summed E-state index contributed by atoms with van der Waals surface area (Å²) in [6.07, 6.45) is 5.73. The molecule has 0 aromatic heterocycles. The van der Waals surface area contributed by atoms with Gasteiger partial charge in [-0.2, -0.15) is 0 Å². The van der Waals surface area contributed by atoms with Gasteiger partial charge in [-0.3, -0.25) is 0 Å². The third kappa shape index (κ3) is 4.63. The van der Waals surface area contributed by atoms with E-state index in [4.69, 9.17) is 4.74 Å². The van der Waals surface area contributed by atoms with E-state index in [1.165, 1.54) is 32.2 Å². The van der Waals surface area contributed by atoms with Gasteiger partial charge in [-0.1, -0.05) is 19.3 Å². The fourth-order valence-electron chi connectivity index (χ4n) is 1.67. The molecule has 0 radical (unpaired) electrons. The molecule has 0 aromatic rings. The highest BCUT2D eigenvalue weighted by Crippen LogP contribution is 2.28. The van der Waals surface area contributed by atoms with E-state index in [1.807, 2.05) is 6.92 Å². The molecule has 1 atom stereocenters. The Kier molecular flexibility index (Phi) is 5.40. The van der Waals surface area contributed by atoms with Crippen molar-refractivity contribution in [2.24, 2.45) is 5.92 Å². The Hall–Kier alpha value is -0.0800. The van der Waals surface area contributed by atoms with Crippen LogP contribution in [-0.4, -0.2) is 25.8 Å². The molecule has 2 heteroatoms. The molecule has 1 aliphatic rings. The van der Waals surface area contributed by atoms with Crippen molar-refractivity contribution in [2.75, 3.05) is 19.8 Å². The Bertz CT molecular complexity index is 123. The predicted molar refractivity (Wildman–Crippen MR) is 55.9 cm³/mol. The minimum absolute atomic E-state index is 0.514. The van der Waals surface area contributed by atoms with Gasteiger partial charge in [-0.15, -0.1) is 0 Å². The fraction of sp³-hybridized carbons (Fsp3) is 1.00. The van der Waals surface area contributed by atoms with E-state index in [0.717, 1.165) is 19.1 Å². The lowest BCUT2D eigenvalue weighted by molar-refractivity contribution is 0.126. The molecule has 1 rings (SSSR count). The molecule has 0 aliphatic heterocycles. The van der Waals surface area contributed by atoms with Crippen molar-refractivity contribution in [3.8, 4) is 0 Å². The van der Waals surface area contributed by atoms with Crippen LogP contribution in [0.15, 0.2) is 0 Å².